The number of thiophene rings is 1. The van der Waals surface area contributed by atoms with E-state index in [9.17, 15) is 9.59 Å². The van der Waals surface area contributed by atoms with Crippen LogP contribution in [-0.4, -0.2) is 60.9 Å². The normalized spacial score (nSPS) is 16.5. The first-order chi connectivity index (χ1) is 10.2. The lowest BCUT2D eigenvalue weighted by Gasteiger charge is -2.21. The molecule has 116 valence electrons. The lowest BCUT2D eigenvalue weighted by molar-refractivity contribution is -0.132. The number of nitrogens with zero attached hydrogens (tertiary/aromatic N) is 2. The number of nitrogens with one attached hydrogen (secondary N) is 1. The van der Waals surface area contributed by atoms with Crippen molar-refractivity contribution in [2.75, 3.05) is 39.3 Å². The second-order valence-corrected chi connectivity index (χ2v) is 6.10. The summed E-state index contributed by atoms with van der Waals surface area (Å²) in [6.45, 7) is 4.23. The molecule has 0 saturated carbocycles. The SMILES string of the molecule is NCC(=O)NCC(=O)N1CCCN(Cc2cccs2)CC1. The predicted molar refractivity (Wildman–Crippen MR) is 82.9 cm³/mol. The van der Waals surface area contributed by atoms with Gasteiger partial charge in [0.1, 0.15) is 0 Å². The summed E-state index contributed by atoms with van der Waals surface area (Å²) < 4.78 is 0. The summed E-state index contributed by atoms with van der Waals surface area (Å²) in [6.07, 6.45) is 0.960. The van der Waals surface area contributed by atoms with Gasteiger partial charge in [0.05, 0.1) is 13.1 Å². The van der Waals surface area contributed by atoms with Gasteiger partial charge < -0.3 is 16.0 Å². The van der Waals surface area contributed by atoms with E-state index in [2.05, 4.69) is 27.7 Å². The zero-order valence-electron chi connectivity index (χ0n) is 12.1. The molecule has 6 nitrogen and oxygen atoms in total. The molecule has 0 aromatic carbocycles. The molecule has 2 amide bonds. The number of nitrogens with two attached hydrogens (primary N) is 1. The van der Waals surface area contributed by atoms with Crippen molar-refractivity contribution in [2.45, 2.75) is 13.0 Å². The van der Waals surface area contributed by atoms with E-state index < -0.39 is 0 Å². The van der Waals surface area contributed by atoms with Crippen LogP contribution in [0.1, 0.15) is 11.3 Å². The number of carbonyl (C=O) groups is 2. The largest absolute Gasteiger partial charge is 0.346 e. The molecule has 1 aromatic rings. The van der Waals surface area contributed by atoms with Gasteiger partial charge >= 0.3 is 0 Å². The van der Waals surface area contributed by atoms with Crippen molar-refractivity contribution < 1.29 is 9.59 Å². The number of hydrogen-bond donors (Lipinski definition) is 2. The molecule has 0 bridgehead atoms. The quantitative estimate of drug-likeness (QED) is 0.793. The van der Waals surface area contributed by atoms with Gasteiger partial charge in [-0.25, -0.2) is 0 Å². The molecule has 3 N–H and O–H groups in total. The molecule has 0 aliphatic carbocycles. The smallest absolute Gasteiger partial charge is 0.242 e. The summed E-state index contributed by atoms with van der Waals surface area (Å²) in [5, 5.41) is 4.62. The second kappa shape index (κ2) is 8.11. The summed E-state index contributed by atoms with van der Waals surface area (Å²) in [5.74, 6) is -0.327. The first-order valence-electron chi connectivity index (χ1n) is 7.18. The molecule has 1 aliphatic heterocycles. The lowest BCUT2D eigenvalue weighted by atomic mass is 10.3. The number of hydrogen-bond acceptors (Lipinski definition) is 5. The summed E-state index contributed by atoms with van der Waals surface area (Å²) in [5.41, 5.74) is 5.20. The van der Waals surface area contributed by atoms with Gasteiger partial charge in [-0.05, 0) is 17.9 Å². The lowest BCUT2D eigenvalue weighted by Crippen LogP contribution is -2.43. The zero-order valence-corrected chi connectivity index (χ0v) is 12.9. The Kier molecular flexibility index (Phi) is 6.16. The maximum Gasteiger partial charge on any atom is 0.242 e. The predicted octanol–water partition coefficient (Wildman–Crippen LogP) is -0.143. The molecule has 1 aliphatic rings. The van der Waals surface area contributed by atoms with Gasteiger partial charge in [-0.15, -0.1) is 11.3 Å². The Morgan fingerprint density at radius 1 is 1.29 bits per heavy atom. The minimum absolute atomic E-state index is 0.0326. The molecule has 0 spiro atoms. The third-order valence-corrected chi connectivity index (χ3v) is 4.38. The molecule has 0 atom stereocenters. The van der Waals surface area contributed by atoms with Crippen molar-refractivity contribution in [3.63, 3.8) is 0 Å². The fraction of sp³-hybridized carbons (Fsp3) is 0.571. The average molecular weight is 310 g/mol. The highest BCUT2D eigenvalue weighted by atomic mass is 32.1. The molecule has 0 unspecified atom stereocenters. The summed E-state index contributed by atoms with van der Waals surface area (Å²) >= 11 is 1.76. The van der Waals surface area contributed by atoms with Crippen LogP contribution < -0.4 is 11.1 Å². The van der Waals surface area contributed by atoms with Crippen molar-refractivity contribution in [3.8, 4) is 0 Å². The molecule has 7 heteroatoms. The van der Waals surface area contributed by atoms with Crippen molar-refractivity contribution in [1.29, 1.82) is 0 Å². The standard InChI is InChI=1S/C14H22N4O2S/c15-9-13(19)16-10-14(20)18-5-2-4-17(6-7-18)11-12-3-1-8-21-12/h1,3,8H,2,4-7,9-11,15H2,(H,16,19). The first-order valence-corrected chi connectivity index (χ1v) is 8.06. The van der Waals surface area contributed by atoms with E-state index in [1.54, 1.807) is 11.3 Å². The van der Waals surface area contributed by atoms with E-state index in [1.165, 1.54) is 4.88 Å². The second-order valence-electron chi connectivity index (χ2n) is 5.07. The van der Waals surface area contributed by atoms with E-state index in [1.807, 2.05) is 4.90 Å². The van der Waals surface area contributed by atoms with Crippen LogP contribution in [0.15, 0.2) is 17.5 Å². The van der Waals surface area contributed by atoms with Crippen LogP contribution in [0.25, 0.3) is 0 Å². The van der Waals surface area contributed by atoms with Gasteiger partial charge in [0.15, 0.2) is 0 Å². The van der Waals surface area contributed by atoms with Crippen LogP contribution in [0, 0.1) is 0 Å². The van der Waals surface area contributed by atoms with Gasteiger partial charge in [0, 0.05) is 37.6 Å². The van der Waals surface area contributed by atoms with E-state index in [0.717, 1.165) is 32.6 Å². The molecule has 21 heavy (non-hydrogen) atoms. The summed E-state index contributed by atoms with van der Waals surface area (Å²) in [4.78, 5) is 28.7. The third kappa shape index (κ3) is 5.11. The molecule has 1 fully saturated rings. The molecule has 1 saturated heterocycles. The minimum Gasteiger partial charge on any atom is -0.346 e. The van der Waals surface area contributed by atoms with E-state index in [-0.39, 0.29) is 24.9 Å². The number of carbonyl (C=O) groups excluding carboxylic acids is 2. The fourth-order valence-electron chi connectivity index (χ4n) is 2.36. The third-order valence-electron chi connectivity index (χ3n) is 3.52. The highest BCUT2D eigenvalue weighted by Crippen LogP contribution is 2.13. The van der Waals surface area contributed by atoms with Crippen LogP contribution >= 0.6 is 11.3 Å². The maximum atomic E-state index is 12.0. The van der Waals surface area contributed by atoms with Crippen LogP contribution in [-0.2, 0) is 16.1 Å². The maximum absolute atomic E-state index is 12.0. The van der Waals surface area contributed by atoms with Crippen molar-refractivity contribution in [3.05, 3.63) is 22.4 Å². The van der Waals surface area contributed by atoms with Gasteiger partial charge in [0.2, 0.25) is 11.8 Å². The van der Waals surface area contributed by atoms with Crippen LogP contribution in [0.4, 0.5) is 0 Å². The highest BCUT2D eigenvalue weighted by molar-refractivity contribution is 7.09. The molecular formula is C14H22N4O2S. The number of amides is 2. The zero-order chi connectivity index (χ0) is 15.1. The van der Waals surface area contributed by atoms with Crippen molar-refractivity contribution >= 4 is 23.2 Å². The van der Waals surface area contributed by atoms with Crippen molar-refractivity contribution in [2.24, 2.45) is 5.73 Å². The Bertz CT molecular complexity index is 464. The monoisotopic (exact) mass is 310 g/mol. The molecule has 1 aromatic heterocycles. The van der Waals surface area contributed by atoms with E-state index in [4.69, 9.17) is 5.73 Å². The Balaban J connectivity index is 1.77. The molecular weight excluding hydrogens is 288 g/mol. The Morgan fingerprint density at radius 2 is 2.14 bits per heavy atom. The molecule has 2 rings (SSSR count). The van der Waals surface area contributed by atoms with E-state index in [0.29, 0.717) is 6.54 Å². The van der Waals surface area contributed by atoms with E-state index >= 15 is 0 Å². The van der Waals surface area contributed by atoms with Gasteiger partial charge in [0.25, 0.3) is 0 Å². The Hall–Kier alpha value is -1.44. The van der Waals surface area contributed by atoms with Gasteiger partial charge in [-0.2, -0.15) is 0 Å². The first kappa shape index (κ1) is 15.9. The molecule has 2 heterocycles. The molecule has 0 radical (unpaired) electrons. The van der Waals surface area contributed by atoms with Gasteiger partial charge in [-0.1, -0.05) is 6.07 Å². The average Bonchev–Trinajstić information content (AvgIpc) is 2.89. The summed E-state index contributed by atoms with van der Waals surface area (Å²) in [7, 11) is 0. The Labute approximate surface area is 128 Å². The minimum atomic E-state index is -0.294. The van der Waals surface area contributed by atoms with Crippen molar-refractivity contribution in [1.82, 2.24) is 15.1 Å². The van der Waals surface area contributed by atoms with Crippen LogP contribution in [0.2, 0.25) is 0 Å². The van der Waals surface area contributed by atoms with Gasteiger partial charge in [-0.3, -0.25) is 14.5 Å². The fourth-order valence-corrected chi connectivity index (χ4v) is 3.11. The highest BCUT2D eigenvalue weighted by Gasteiger charge is 2.19. The van der Waals surface area contributed by atoms with Crippen LogP contribution in [0.5, 0.6) is 0 Å². The number of rotatable bonds is 5. The topological polar surface area (TPSA) is 78.7 Å². The summed E-state index contributed by atoms with van der Waals surface area (Å²) in [6, 6.07) is 4.20. The van der Waals surface area contributed by atoms with Crippen LogP contribution in [0.3, 0.4) is 0 Å². The Morgan fingerprint density at radius 3 is 2.86 bits per heavy atom.